The van der Waals surface area contributed by atoms with Crippen LogP contribution in [0.25, 0.3) is 0 Å². The molecule has 3 nitrogen and oxygen atoms in total. The zero-order valence-electron chi connectivity index (χ0n) is 13.5. The Morgan fingerprint density at radius 2 is 1.00 bits per heavy atom. The molecule has 0 aromatic heterocycles. The first kappa shape index (κ1) is 18.9. The first-order chi connectivity index (χ1) is 8.93. The highest BCUT2D eigenvalue weighted by Crippen LogP contribution is 2.29. The minimum Gasteiger partial charge on any atom is -0.322 e. The van der Waals surface area contributed by atoms with Gasteiger partial charge in [-0.15, -0.1) is 0 Å². The Hall–Kier alpha value is -0.120. The highest BCUT2D eigenvalue weighted by atomic mass is 15.1. The molecule has 0 aromatic carbocycles. The molecule has 0 amide bonds. The van der Waals surface area contributed by atoms with E-state index in [1.807, 2.05) is 0 Å². The lowest BCUT2D eigenvalue weighted by atomic mass is 9.75. The molecule has 0 aliphatic heterocycles. The summed E-state index contributed by atoms with van der Waals surface area (Å²) in [6.45, 7) is 6.59. The zero-order chi connectivity index (χ0) is 14.8. The van der Waals surface area contributed by atoms with Gasteiger partial charge in [0.15, 0.2) is 0 Å². The van der Waals surface area contributed by atoms with Gasteiger partial charge in [0.25, 0.3) is 0 Å². The molecule has 3 heteroatoms. The van der Waals surface area contributed by atoms with Crippen LogP contribution in [0, 0.1) is 0 Å². The second-order valence-corrected chi connectivity index (χ2v) is 6.21. The molecule has 0 heterocycles. The Labute approximate surface area is 120 Å². The van der Waals surface area contributed by atoms with E-state index in [0.29, 0.717) is 0 Å². The molecule has 0 radical (unpaired) electrons. The SMILES string of the molecule is CCCCCC(N)(CCCCC)C(N)(N)CCCC. The fourth-order valence-electron chi connectivity index (χ4n) is 2.69. The number of hydrogen-bond donors (Lipinski definition) is 3. The third kappa shape index (κ3) is 6.73. The van der Waals surface area contributed by atoms with Crippen LogP contribution in [0.5, 0.6) is 0 Å². The second-order valence-electron chi connectivity index (χ2n) is 6.21. The number of unbranched alkanes of at least 4 members (excludes halogenated alkanes) is 5. The largest absolute Gasteiger partial charge is 0.322 e. The van der Waals surface area contributed by atoms with Crippen LogP contribution in [0.4, 0.5) is 0 Å². The summed E-state index contributed by atoms with van der Waals surface area (Å²) in [5.74, 6) is 0. The minimum atomic E-state index is -0.718. The average Bonchev–Trinajstić information content (AvgIpc) is 2.37. The van der Waals surface area contributed by atoms with Gasteiger partial charge in [0.2, 0.25) is 0 Å². The predicted molar refractivity (Wildman–Crippen MR) is 85.8 cm³/mol. The molecule has 0 fully saturated rings. The van der Waals surface area contributed by atoms with Gasteiger partial charge in [0, 0.05) is 5.54 Å². The molecule has 0 rings (SSSR count). The Balaban J connectivity index is 4.59. The van der Waals surface area contributed by atoms with Gasteiger partial charge in [-0.3, -0.25) is 0 Å². The van der Waals surface area contributed by atoms with Crippen molar-refractivity contribution < 1.29 is 0 Å². The van der Waals surface area contributed by atoms with Crippen molar-refractivity contribution in [3.8, 4) is 0 Å². The Morgan fingerprint density at radius 1 is 0.579 bits per heavy atom. The van der Waals surface area contributed by atoms with Crippen LogP contribution in [-0.4, -0.2) is 11.2 Å². The molecule has 0 aliphatic rings. The summed E-state index contributed by atoms with van der Waals surface area (Å²) in [6.07, 6.45) is 12.1. The maximum atomic E-state index is 6.65. The van der Waals surface area contributed by atoms with Crippen molar-refractivity contribution in [1.29, 1.82) is 0 Å². The lowest BCUT2D eigenvalue weighted by Crippen LogP contribution is -2.71. The molecule has 0 aliphatic carbocycles. The molecule has 19 heavy (non-hydrogen) atoms. The van der Waals surface area contributed by atoms with Gasteiger partial charge in [-0.05, 0) is 19.3 Å². The summed E-state index contributed by atoms with van der Waals surface area (Å²) in [5.41, 5.74) is 18.3. The highest BCUT2D eigenvalue weighted by molar-refractivity contribution is 5.03. The maximum Gasteiger partial charge on any atom is 0.0821 e. The van der Waals surface area contributed by atoms with Crippen LogP contribution in [0.1, 0.15) is 91.4 Å². The highest BCUT2D eigenvalue weighted by Gasteiger charge is 2.41. The van der Waals surface area contributed by atoms with E-state index in [9.17, 15) is 0 Å². The first-order valence-corrected chi connectivity index (χ1v) is 8.30. The molecule has 0 spiro atoms. The lowest BCUT2D eigenvalue weighted by Gasteiger charge is -2.44. The Kier molecular flexibility index (Phi) is 9.67. The van der Waals surface area contributed by atoms with Gasteiger partial charge in [-0.2, -0.15) is 0 Å². The lowest BCUT2D eigenvalue weighted by molar-refractivity contribution is 0.170. The van der Waals surface area contributed by atoms with Crippen molar-refractivity contribution in [2.75, 3.05) is 0 Å². The van der Waals surface area contributed by atoms with Crippen molar-refractivity contribution in [1.82, 2.24) is 0 Å². The van der Waals surface area contributed by atoms with E-state index in [-0.39, 0.29) is 0 Å². The van der Waals surface area contributed by atoms with E-state index < -0.39 is 11.2 Å². The van der Waals surface area contributed by atoms with Crippen LogP contribution in [0.3, 0.4) is 0 Å². The standard InChI is InChI=1S/C16H37N3/c1-4-7-10-12-15(17,13-11-8-5-2)16(18,19)14-9-6-3/h4-14,17-19H2,1-3H3. The smallest absolute Gasteiger partial charge is 0.0821 e. The summed E-state index contributed by atoms with van der Waals surface area (Å²) in [6, 6.07) is 0. The Bertz CT molecular complexity index is 204. The van der Waals surface area contributed by atoms with E-state index in [0.717, 1.165) is 44.9 Å². The second kappa shape index (κ2) is 9.73. The molecule has 0 unspecified atom stereocenters. The van der Waals surface area contributed by atoms with Crippen LogP contribution >= 0.6 is 0 Å². The monoisotopic (exact) mass is 271 g/mol. The van der Waals surface area contributed by atoms with Gasteiger partial charge in [0.05, 0.1) is 5.66 Å². The quantitative estimate of drug-likeness (QED) is 0.374. The summed E-state index contributed by atoms with van der Waals surface area (Å²) in [5, 5.41) is 0. The fourth-order valence-corrected chi connectivity index (χ4v) is 2.69. The van der Waals surface area contributed by atoms with Crippen molar-refractivity contribution in [3.63, 3.8) is 0 Å². The summed E-state index contributed by atoms with van der Waals surface area (Å²) in [7, 11) is 0. The fraction of sp³-hybridized carbons (Fsp3) is 1.00. The summed E-state index contributed by atoms with van der Waals surface area (Å²) < 4.78 is 0. The van der Waals surface area contributed by atoms with E-state index >= 15 is 0 Å². The summed E-state index contributed by atoms with van der Waals surface area (Å²) in [4.78, 5) is 0. The number of hydrogen-bond acceptors (Lipinski definition) is 3. The molecule has 0 aromatic rings. The van der Waals surface area contributed by atoms with E-state index in [4.69, 9.17) is 17.2 Å². The first-order valence-electron chi connectivity index (χ1n) is 8.30. The van der Waals surface area contributed by atoms with Crippen molar-refractivity contribution in [2.24, 2.45) is 17.2 Å². The molecule has 0 saturated carbocycles. The van der Waals surface area contributed by atoms with Crippen LogP contribution in [0.15, 0.2) is 0 Å². The molecule has 0 atom stereocenters. The van der Waals surface area contributed by atoms with Crippen molar-refractivity contribution in [3.05, 3.63) is 0 Å². The van der Waals surface area contributed by atoms with E-state index in [2.05, 4.69) is 20.8 Å². The number of nitrogens with two attached hydrogens (primary N) is 3. The zero-order valence-corrected chi connectivity index (χ0v) is 13.5. The van der Waals surface area contributed by atoms with Gasteiger partial charge in [-0.25, -0.2) is 0 Å². The molecule has 116 valence electrons. The molecule has 0 bridgehead atoms. The Morgan fingerprint density at radius 3 is 1.37 bits per heavy atom. The molecule has 0 saturated heterocycles. The van der Waals surface area contributed by atoms with Crippen LogP contribution in [0.2, 0.25) is 0 Å². The topological polar surface area (TPSA) is 78.1 Å². The van der Waals surface area contributed by atoms with Gasteiger partial charge in [-0.1, -0.05) is 72.1 Å². The molecule has 6 N–H and O–H groups in total. The third-order valence-electron chi connectivity index (χ3n) is 4.32. The average molecular weight is 271 g/mol. The minimum absolute atomic E-state index is 0.396. The van der Waals surface area contributed by atoms with Gasteiger partial charge < -0.3 is 17.2 Å². The summed E-state index contributed by atoms with van der Waals surface area (Å²) >= 11 is 0. The molecular weight excluding hydrogens is 234 g/mol. The predicted octanol–water partition coefficient (Wildman–Crippen LogP) is 3.65. The van der Waals surface area contributed by atoms with Crippen molar-refractivity contribution >= 4 is 0 Å². The third-order valence-corrected chi connectivity index (χ3v) is 4.32. The number of rotatable bonds is 12. The van der Waals surface area contributed by atoms with Crippen molar-refractivity contribution in [2.45, 2.75) is 103 Å². The van der Waals surface area contributed by atoms with Gasteiger partial charge in [0.1, 0.15) is 0 Å². The molecular formula is C16H37N3. The van der Waals surface area contributed by atoms with E-state index in [1.165, 1.54) is 25.7 Å². The van der Waals surface area contributed by atoms with Gasteiger partial charge >= 0.3 is 0 Å². The normalized spacial score (nSPS) is 12.9. The van der Waals surface area contributed by atoms with Crippen LogP contribution < -0.4 is 17.2 Å². The van der Waals surface area contributed by atoms with Crippen LogP contribution in [-0.2, 0) is 0 Å². The maximum absolute atomic E-state index is 6.65. The van der Waals surface area contributed by atoms with E-state index in [1.54, 1.807) is 0 Å².